The second-order valence-corrected chi connectivity index (χ2v) is 4.22. The number of anilines is 1. The monoisotopic (exact) mass is 275 g/mol. The van der Waals surface area contributed by atoms with Gasteiger partial charge in [0.05, 0.1) is 11.1 Å². The molecule has 3 nitrogen and oxygen atoms in total. The lowest BCUT2D eigenvalue weighted by atomic mass is 10.1. The molecule has 1 aromatic rings. The quantitative estimate of drug-likeness (QED) is 0.853. The summed E-state index contributed by atoms with van der Waals surface area (Å²) in [6.07, 6.45) is -3.08. The van der Waals surface area contributed by atoms with Gasteiger partial charge in [0, 0.05) is 11.7 Å². The molecule has 0 saturated carbocycles. The largest absolute Gasteiger partial charge is 0.478 e. The van der Waals surface area contributed by atoms with E-state index >= 15 is 0 Å². The van der Waals surface area contributed by atoms with Crippen LogP contribution in [0.4, 0.5) is 18.9 Å². The molecule has 19 heavy (non-hydrogen) atoms. The SMILES string of the molecule is CCC(CC)Nc1cc(C(F)(F)F)ccc1C(=O)O. The fourth-order valence-electron chi connectivity index (χ4n) is 1.74. The number of halogens is 3. The number of aromatic carboxylic acids is 1. The van der Waals surface area contributed by atoms with Crippen molar-refractivity contribution in [2.45, 2.75) is 38.9 Å². The van der Waals surface area contributed by atoms with Crippen LogP contribution in [0, 0.1) is 0 Å². The maximum atomic E-state index is 12.6. The van der Waals surface area contributed by atoms with E-state index in [1.807, 2.05) is 13.8 Å². The first-order chi connectivity index (χ1) is 8.79. The summed E-state index contributed by atoms with van der Waals surface area (Å²) < 4.78 is 37.9. The summed E-state index contributed by atoms with van der Waals surface area (Å²) in [4.78, 5) is 11.0. The van der Waals surface area contributed by atoms with Gasteiger partial charge in [-0.15, -0.1) is 0 Å². The van der Waals surface area contributed by atoms with E-state index in [-0.39, 0.29) is 17.3 Å². The van der Waals surface area contributed by atoms with Gasteiger partial charge in [0.1, 0.15) is 0 Å². The second kappa shape index (κ2) is 5.95. The summed E-state index contributed by atoms with van der Waals surface area (Å²) >= 11 is 0. The van der Waals surface area contributed by atoms with Gasteiger partial charge in [-0.25, -0.2) is 4.79 Å². The third-order valence-corrected chi connectivity index (χ3v) is 2.92. The molecule has 0 fully saturated rings. The molecule has 6 heteroatoms. The third-order valence-electron chi connectivity index (χ3n) is 2.92. The molecule has 1 aromatic carbocycles. The number of carboxylic acid groups (broad SMARTS) is 1. The Hall–Kier alpha value is -1.72. The van der Waals surface area contributed by atoms with Gasteiger partial charge < -0.3 is 10.4 Å². The second-order valence-electron chi connectivity index (χ2n) is 4.22. The van der Waals surface area contributed by atoms with Crippen LogP contribution in [0.2, 0.25) is 0 Å². The summed E-state index contributed by atoms with van der Waals surface area (Å²) in [6, 6.07) is 2.56. The van der Waals surface area contributed by atoms with Crippen molar-refractivity contribution in [2.75, 3.05) is 5.32 Å². The summed E-state index contributed by atoms with van der Waals surface area (Å²) in [7, 11) is 0. The Kier molecular flexibility index (Phi) is 4.80. The highest BCUT2D eigenvalue weighted by Crippen LogP contribution is 2.32. The van der Waals surface area contributed by atoms with Crippen molar-refractivity contribution in [3.05, 3.63) is 29.3 Å². The smallest absolute Gasteiger partial charge is 0.416 e. The lowest BCUT2D eigenvalue weighted by Crippen LogP contribution is -2.20. The van der Waals surface area contributed by atoms with E-state index in [2.05, 4.69) is 5.32 Å². The highest BCUT2D eigenvalue weighted by Gasteiger charge is 2.31. The van der Waals surface area contributed by atoms with E-state index in [1.165, 1.54) is 0 Å². The molecule has 0 aliphatic heterocycles. The van der Waals surface area contributed by atoms with Crippen LogP contribution in [0.15, 0.2) is 18.2 Å². The molecule has 0 amide bonds. The molecule has 0 bridgehead atoms. The van der Waals surface area contributed by atoms with Gasteiger partial charge >= 0.3 is 12.1 Å². The van der Waals surface area contributed by atoms with Gasteiger partial charge in [-0.05, 0) is 31.0 Å². The molecular weight excluding hydrogens is 259 g/mol. The van der Waals surface area contributed by atoms with Crippen molar-refractivity contribution in [2.24, 2.45) is 0 Å². The minimum absolute atomic E-state index is 0.0102. The highest BCUT2D eigenvalue weighted by molar-refractivity contribution is 5.94. The Labute approximate surface area is 109 Å². The zero-order valence-corrected chi connectivity index (χ0v) is 10.7. The van der Waals surface area contributed by atoms with Gasteiger partial charge in [0.25, 0.3) is 0 Å². The maximum absolute atomic E-state index is 12.6. The topological polar surface area (TPSA) is 49.3 Å². The molecule has 0 radical (unpaired) electrons. The molecule has 0 aliphatic carbocycles. The minimum Gasteiger partial charge on any atom is -0.478 e. The molecule has 0 heterocycles. The van der Waals surface area contributed by atoms with Crippen LogP contribution in [0.3, 0.4) is 0 Å². The zero-order chi connectivity index (χ0) is 14.6. The highest BCUT2D eigenvalue weighted by atomic mass is 19.4. The molecular formula is C13H16F3NO2. The minimum atomic E-state index is -4.48. The number of benzene rings is 1. The van der Waals surface area contributed by atoms with E-state index in [1.54, 1.807) is 0 Å². The Morgan fingerprint density at radius 1 is 1.32 bits per heavy atom. The van der Waals surface area contributed by atoms with Crippen molar-refractivity contribution in [1.29, 1.82) is 0 Å². The number of nitrogens with one attached hydrogen (secondary N) is 1. The van der Waals surface area contributed by atoms with Crippen molar-refractivity contribution in [3.63, 3.8) is 0 Å². The van der Waals surface area contributed by atoms with Crippen molar-refractivity contribution >= 4 is 11.7 Å². The van der Waals surface area contributed by atoms with E-state index in [4.69, 9.17) is 5.11 Å². The van der Waals surface area contributed by atoms with E-state index in [9.17, 15) is 18.0 Å². The Morgan fingerprint density at radius 2 is 1.89 bits per heavy atom. The van der Waals surface area contributed by atoms with E-state index in [0.717, 1.165) is 18.2 Å². The number of carboxylic acids is 1. The molecule has 0 aliphatic rings. The van der Waals surface area contributed by atoms with E-state index < -0.39 is 17.7 Å². The van der Waals surface area contributed by atoms with E-state index in [0.29, 0.717) is 12.8 Å². The Morgan fingerprint density at radius 3 is 2.32 bits per heavy atom. The molecule has 0 saturated heterocycles. The molecule has 106 valence electrons. The number of hydrogen-bond acceptors (Lipinski definition) is 2. The number of hydrogen-bond donors (Lipinski definition) is 2. The van der Waals surface area contributed by atoms with Crippen molar-refractivity contribution in [1.82, 2.24) is 0 Å². The van der Waals surface area contributed by atoms with Crippen LogP contribution in [0.5, 0.6) is 0 Å². The Bertz CT molecular complexity index is 454. The lowest BCUT2D eigenvalue weighted by molar-refractivity contribution is -0.137. The summed E-state index contributed by atoms with van der Waals surface area (Å²) in [5.74, 6) is -1.25. The van der Waals surface area contributed by atoms with Gasteiger partial charge in [0.15, 0.2) is 0 Å². The van der Waals surface area contributed by atoms with Crippen LogP contribution in [0.25, 0.3) is 0 Å². The maximum Gasteiger partial charge on any atom is 0.416 e. The van der Waals surface area contributed by atoms with Crippen LogP contribution < -0.4 is 5.32 Å². The Balaban J connectivity index is 3.19. The standard InChI is InChI=1S/C13H16F3NO2/c1-3-9(4-2)17-11-7-8(13(14,15)16)5-6-10(11)12(18)19/h5-7,9,17H,3-4H2,1-2H3,(H,18,19). The number of alkyl halides is 3. The van der Waals surface area contributed by atoms with Gasteiger partial charge in [-0.1, -0.05) is 13.8 Å². The van der Waals surface area contributed by atoms with Gasteiger partial charge in [0.2, 0.25) is 0 Å². The number of rotatable bonds is 5. The first kappa shape index (κ1) is 15.3. The molecule has 0 aromatic heterocycles. The van der Waals surface area contributed by atoms with Crippen LogP contribution >= 0.6 is 0 Å². The predicted octanol–water partition coefficient (Wildman–Crippen LogP) is 4.00. The van der Waals surface area contributed by atoms with Crippen LogP contribution in [-0.4, -0.2) is 17.1 Å². The van der Waals surface area contributed by atoms with Crippen LogP contribution in [-0.2, 0) is 6.18 Å². The normalized spacial score (nSPS) is 11.7. The van der Waals surface area contributed by atoms with Crippen LogP contribution in [0.1, 0.15) is 42.6 Å². The lowest BCUT2D eigenvalue weighted by Gasteiger charge is -2.19. The predicted molar refractivity (Wildman–Crippen MR) is 66.4 cm³/mol. The van der Waals surface area contributed by atoms with Crippen molar-refractivity contribution in [3.8, 4) is 0 Å². The summed E-state index contributed by atoms with van der Waals surface area (Å²) in [6.45, 7) is 3.77. The van der Waals surface area contributed by atoms with Gasteiger partial charge in [-0.2, -0.15) is 13.2 Å². The number of carbonyl (C=O) groups is 1. The summed E-state index contributed by atoms with van der Waals surface area (Å²) in [5, 5.41) is 11.9. The average molecular weight is 275 g/mol. The molecule has 0 atom stereocenters. The fraction of sp³-hybridized carbons (Fsp3) is 0.462. The fourth-order valence-corrected chi connectivity index (χ4v) is 1.74. The zero-order valence-electron chi connectivity index (χ0n) is 10.7. The first-order valence-corrected chi connectivity index (χ1v) is 6.00. The first-order valence-electron chi connectivity index (χ1n) is 6.00. The molecule has 1 rings (SSSR count). The molecule has 0 unspecified atom stereocenters. The average Bonchev–Trinajstić information content (AvgIpc) is 2.34. The van der Waals surface area contributed by atoms with Crippen molar-refractivity contribution < 1.29 is 23.1 Å². The third kappa shape index (κ3) is 3.87. The van der Waals surface area contributed by atoms with Gasteiger partial charge in [-0.3, -0.25) is 0 Å². The summed E-state index contributed by atoms with van der Waals surface area (Å²) in [5.41, 5.74) is -0.998. The molecule has 2 N–H and O–H groups in total. The molecule has 0 spiro atoms.